The van der Waals surface area contributed by atoms with E-state index in [4.69, 9.17) is 14.7 Å². The lowest BCUT2D eigenvalue weighted by Gasteiger charge is -2.27. The summed E-state index contributed by atoms with van der Waals surface area (Å²) in [6.45, 7) is 5.29. The van der Waals surface area contributed by atoms with Gasteiger partial charge in [0.05, 0.1) is 13.2 Å². The van der Waals surface area contributed by atoms with Crippen molar-refractivity contribution in [2.24, 2.45) is 5.92 Å². The molecule has 1 atom stereocenters. The van der Waals surface area contributed by atoms with E-state index in [1.165, 1.54) is 7.11 Å². The average Bonchev–Trinajstić information content (AvgIpc) is 2.45. The van der Waals surface area contributed by atoms with E-state index >= 15 is 0 Å². The summed E-state index contributed by atoms with van der Waals surface area (Å²) in [5.41, 5.74) is -0.902. The summed E-state index contributed by atoms with van der Waals surface area (Å²) in [7, 11) is 1.54. The van der Waals surface area contributed by atoms with Gasteiger partial charge in [-0.1, -0.05) is 26.0 Å². The molecular weight excluding hydrogens is 256 g/mol. The van der Waals surface area contributed by atoms with E-state index in [0.717, 1.165) is 0 Å². The smallest absolute Gasteiger partial charge is 0.259 e. The van der Waals surface area contributed by atoms with Gasteiger partial charge in [-0.3, -0.25) is 4.79 Å². The topological polar surface area (TPSA) is 71.3 Å². The van der Waals surface area contributed by atoms with E-state index in [2.05, 4.69) is 11.4 Å². The molecule has 20 heavy (non-hydrogen) atoms. The quantitative estimate of drug-likeness (QED) is 0.864. The van der Waals surface area contributed by atoms with Crippen LogP contribution in [0, 0.1) is 17.2 Å². The fourth-order valence-electron chi connectivity index (χ4n) is 1.51. The fourth-order valence-corrected chi connectivity index (χ4v) is 1.51. The van der Waals surface area contributed by atoms with Gasteiger partial charge in [0, 0.05) is 0 Å². The molecule has 0 aromatic heterocycles. The number of carbonyl (C=O) groups is 1. The van der Waals surface area contributed by atoms with Crippen molar-refractivity contribution in [3.8, 4) is 17.6 Å². The zero-order valence-electron chi connectivity index (χ0n) is 12.3. The molecule has 0 unspecified atom stereocenters. The molecule has 1 aromatic carbocycles. The van der Waals surface area contributed by atoms with Crippen molar-refractivity contribution in [2.75, 3.05) is 13.7 Å². The van der Waals surface area contributed by atoms with Gasteiger partial charge in [-0.25, -0.2) is 0 Å². The Morgan fingerprint density at radius 2 is 2.00 bits per heavy atom. The first-order valence-corrected chi connectivity index (χ1v) is 6.41. The van der Waals surface area contributed by atoms with Crippen LogP contribution in [-0.2, 0) is 4.79 Å². The van der Waals surface area contributed by atoms with Gasteiger partial charge < -0.3 is 14.8 Å². The van der Waals surface area contributed by atoms with Crippen molar-refractivity contribution in [1.82, 2.24) is 5.32 Å². The zero-order chi connectivity index (χ0) is 15.2. The SMILES string of the molecule is COc1ccccc1OCC(=O)N[C@](C)(C#N)C(C)C. The van der Waals surface area contributed by atoms with Crippen molar-refractivity contribution >= 4 is 5.91 Å². The molecule has 0 aliphatic carbocycles. The van der Waals surface area contributed by atoms with E-state index in [1.807, 2.05) is 19.9 Å². The van der Waals surface area contributed by atoms with Crippen LogP contribution in [0.1, 0.15) is 20.8 Å². The van der Waals surface area contributed by atoms with E-state index in [9.17, 15) is 4.79 Å². The highest BCUT2D eigenvalue weighted by atomic mass is 16.5. The molecule has 1 N–H and O–H groups in total. The second-order valence-electron chi connectivity index (χ2n) is 4.96. The zero-order valence-corrected chi connectivity index (χ0v) is 12.3. The molecule has 0 saturated heterocycles. The first-order chi connectivity index (χ1) is 9.42. The molecule has 0 bridgehead atoms. The van der Waals surface area contributed by atoms with Crippen molar-refractivity contribution in [1.29, 1.82) is 5.26 Å². The van der Waals surface area contributed by atoms with Crippen LogP contribution in [0.2, 0.25) is 0 Å². The lowest BCUT2D eigenvalue weighted by molar-refractivity contribution is -0.124. The molecule has 1 aromatic rings. The Bertz CT molecular complexity index is 508. The predicted octanol–water partition coefficient (Wildman–Crippen LogP) is 2.13. The lowest BCUT2D eigenvalue weighted by atomic mass is 9.90. The van der Waals surface area contributed by atoms with Gasteiger partial charge >= 0.3 is 0 Å². The number of hydrogen-bond acceptors (Lipinski definition) is 4. The molecule has 108 valence electrons. The maximum atomic E-state index is 11.9. The molecule has 1 amide bonds. The van der Waals surface area contributed by atoms with Gasteiger partial charge in [0.15, 0.2) is 18.1 Å². The van der Waals surface area contributed by atoms with E-state index < -0.39 is 5.54 Å². The second-order valence-corrected chi connectivity index (χ2v) is 4.96. The summed E-state index contributed by atoms with van der Waals surface area (Å²) in [6, 6.07) is 9.20. The third kappa shape index (κ3) is 3.89. The number of para-hydroxylation sites is 2. The highest BCUT2D eigenvalue weighted by molar-refractivity contribution is 5.79. The number of nitriles is 1. The van der Waals surface area contributed by atoms with Gasteiger partial charge in [-0.2, -0.15) is 5.26 Å². The van der Waals surface area contributed by atoms with Crippen LogP contribution in [0.4, 0.5) is 0 Å². The van der Waals surface area contributed by atoms with Crippen molar-refractivity contribution in [3.63, 3.8) is 0 Å². The molecule has 1 rings (SSSR count). The second kappa shape index (κ2) is 6.80. The fraction of sp³-hybridized carbons (Fsp3) is 0.467. The maximum absolute atomic E-state index is 11.9. The van der Waals surface area contributed by atoms with Gasteiger partial charge in [-0.05, 0) is 25.0 Å². The van der Waals surface area contributed by atoms with Gasteiger partial charge in [0.2, 0.25) is 0 Å². The van der Waals surface area contributed by atoms with E-state index in [-0.39, 0.29) is 18.4 Å². The first-order valence-electron chi connectivity index (χ1n) is 6.41. The molecule has 5 nitrogen and oxygen atoms in total. The number of nitrogens with zero attached hydrogens (tertiary/aromatic N) is 1. The number of nitrogens with one attached hydrogen (secondary N) is 1. The largest absolute Gasteiger partial charge is 0.493 e. The molecule has 0 aliphatic heterocycles. The van der Waals surface area contributed by atoms with Crippen LogP contribution in [0.15, 0.2) is 24.3 Å². The lowest BCUT2D eigenvalue weighted by Crippen LogP contribution is -2.50. The van der Waals surface area contributed by atoms with Crippen LogP contribution < -0.4 is 14.8 Å². The standard InChI is InChI=1S/C15H20N2O3/c1-11(2)15(3,10-16)17-14(18)9-20-13-8-6-5-7-12(13)19-4/h5-8,11H,9H2,1-4H3,(H,17,18)/t15-/m1/s1. The molecular formula is C15H20N2O3. The van der Waals surface area contributed by atoms with Crippen LogP contribution in [0.25, 0.3) is 0 Å². The molecule has 0 heterocycles. The summed E-state index contributed by atoms with van der Waals surface area (Å²) < 4.78 is 10.5. The Kier molecular flexibility index (Phi) is 5.39. The Morgan fingerprint density at radius 1 is 1.40 bits per heavy atom. The minimum absolute atomic E-state index is 0.00251. The third-order valence-corrected chi connectivity index (χ3v) is 3.21. The molecule has 0 saturated carbocycles. The summed E-state index contributed by atoms with van der Waals surface area (Å²) >= 11 is 0. The molecule has 5 heteroatoms. The number of methoxy groups -OCH3 is 1. The molecule has 0 fully saturated rings. The number of hydrogen-bond donors (Lipinski definition) is 1. The number of ether oxygens (including phenoxy) is 2. The van der Waals surface area contributed by atoms with Crippen LogP contribution in [0.5, 0.6) is 11.5 Å². The average molecular weight is 276 g/mol. The van der Waals surface area contributed by atoms with Gasteiger partial charge in [0.25, 0.3) is 5.91 Å². The monoisotopic (exact) mass is 276 g/mol. The van der Waals surface area contributed by atoms with Gasteiger partial charge in [-0.15, -0.1) is 0 Å². The minimum Gasteiger partial charge on any atom is -0.493 e. The van der Waals surface area contributed by atoms with Crippen LogP contribution >= 0.6 is 0 Å². The summed E-state index contributed by atoms with van der Waals surface area (Å²) in [5, 5.41) is 11.8. The van der Waals surface area contributed by atoms with Crippen molar-refractivity contribution in [3.05, 3.63) is 24.3 Å². The van der Waals surface area contributed by atoms with E-state index in [1.54, 1.807) is 25.1 Å². The number of benzene rings is 1. The number of carbonyl (C=O) groups excluding carboxylic acids is 1. The summed E-state index contributed by atoms with van der Waals surface area (Å²) in [5.74, 6) is 0.719. The normalized spacial score (nSPS) is 13.2. The highest BCUT2D eigenvalue weighted by Gasteiger charge is 2.30. The Morgan fingerprint density at radius 3 is 2.50 bits per heavy atom. The highest BCUT2D eigenvalue weighted by Crippen LogP contribution is 2.25. The summed E-state index contributed by atoms with van der Waals surface area (Å²) in [6.07, 6.45) is 0. The number of amides is 1. The van der Waals surface area contributed by atoms with Crippen molar-refractivity contribution < 1.29 is 14.3 Å². The number of rotatable bonds is 6. The Labute approximate surface area is 119 Å². The van der Waals surface area contributed by atoms with Gasteiger partial charge in [0.1, 0.15) is 5.54 Å². The molecule has 0 spiro atoms. The maximum Gasteiger partial charge on any atom is 0.259 e. The summed E-state index contributed by atoms with van der Waals surface area (Å²) in [4.78, 5) is 11.9. The third-order valence-electron chi connectivity index (χ3n) is 3.21. The minimum atomic E-state index is -0.902. The molecule has 0 aliphatic rings. The van der Waals surface area contributed by atoms with Crippen LogP contribution in [-0.4, -0.2) is 25.2 Å². The Balaban J connectivity index is 2.62. The first kappa shape index (κ1) is 15.8. The predicted molar refractivity (Wildman–Crippen MR) is 75.5 cm³/mol. The molecule has 0 radical (unpaired) electrons. The van der Waals surface area contributed by atoms with Crippen LogP contribution in [0.3, 0.4) is 0 Å². The van der Waals surface area contributed by atoms with Crippen molar-refractivity contribution in [2.45, 2.75) is 26.3 Å². The van der Waals surface area contributed by atoms with E-state index in [0.29, 0.717) is 11.5 Å². The Hall–Kier alpha value is -2.22.